The zero-order chi connectivity index (χ0) is 26.8. The lowest BCUT2D eigenvalue weighted by Crippen LogP contribution is -2.53. The van der Waals surface area contributed by atoms with Crippen LogP contribution in [0.15, 0.2) is 67.0 Å². The molecule has 196 valence electrons. The summed E-state index contributed by atoms with van der Waals surface area (Å²) in [6.45, 7) is 4.36. The summed E-state index contributed by atoms with van der Waals surface area (Å²) in [5.41, 5.74) is 1.27. The van der Waals surface area contributed by atoms with Crippen LogP contribution in [0.3, 0.4) is 0 Å². The Morgan fingerprint density at radius 1 is 1.03 bits per heavy atom. The lowest BCUT2D eigenvalue weighted by Gasteiger charge is -2.29. The van der Waals surface area contributed by atoms with E-state index in [0.717, 1.165) is 16.3 Å². The average molecular weight is 513 g/mol. The van der Waals surface area contributed by atoms with Gasteiger partial charge < -0.3 is 15.1 Å². The van der Waals surface area contributed by atoms with Crippen LogP contribution in [0.4, 0.5) is 0 Å². The fraction of sp³-hybridized carbons (Fsp3) is 0.367. The summed E-state index contributed by atoms with van der Waals surface area (Å²) in [4.78, 5) is 60.3. The van der Waals surface area contributed by atoms with E-state index < -0.39 is 12.1 Å². The van der Waals surface area contributed by atoms with E-state index in [1.807, 2.05) is 56.3 Å². The summed E-state index contributed by atoms with van der Waals surface area (Å²) in [5, 5.41) is 4.92. The molecule has 3 atom stereocenters. The van der Waals surface area contributed by atoms with E-state index in [2.05, 4.69) is 10.3 Å². The number of hydrogen-bond acceptors (Lipinski definition) is 5. The van der Waals surface area contributed by atoms with Gasteiger partial charge in [-0.05, 0) is 53.3 Å². The third-order valence-corrected chi connectivity index (χ3v) is 7.43. The number of hydrogen-bond donors (Lipinski definition) is 1. The minimum absolute atomic E-state index is 0.00347. The number of amides is 3. The maximum atomic E-state index is 13.8. The molecule has 3 amide bonds. The lowest BCUT2D eigenvalue weighted by molar-refractivity contribution is -0.138. The largest absolute Gasteiger partial charge is 0.340 e. The van der Waals surface area contributed by atoms with Crippen LogP contribution in [-0.4, -0.2) is 69.5 Å². The number of likely N-dealkylation sites (tertiary alicyclic amines) is 2. The molecule has 0 aliphatic carbocycles. The number of fused-ring (bicyclic) bond motifs is 2. The van der Waals surface area contributed by atoms with Gasteiger partial charge >= 0.3 is 0 Å². The number of pyridine rings is 1. The van der Waals surface area contributed by atoms with E-state index in [0.29, 0.717) is 24.9 Å². The zero-order valence-corrected chi connectivity index (χ0v) is 21.7. The monoisotopic (exact) mass is 512 g/mol. The predicted octanol–water partition coefficient (Wildman–Crippen LogP) is 3.00. The highest BCUT2D eigenvalue weighted by Crippen LogP contribution is 2.31. The molecular formula is C30H32N4O4. The summed E-state index contributed by atoms with van der Waals surface area (Å²) in [5.74, 6) is -0.719. The third kappa shape index (κ3) is 5.16. The summed E-state index contributed by atoms with van der Waals surface area (Å²) >= 11 is 0. The highest BCUT2D eigenvalue weighted by Gasteiger charge is 2.52. The lowest BCUT2D eigenvalue weighted by atomic mass is 10.0. The van der Waals surface area contributed by atoms with Crippen molar-refractivity contribution in [1.82, 2.24) is 20.1 Å². The fourth-order valence-electron chi connectivity index (χ4n) is 5.63. The van der Waals surface area contributed by atoms with Crippen LogP contribution in [0.2, 0.25) is 0 Å². The van der Waals surface area contributed by atoms with Crippen molar-refractivity contribution < 1.29 is 19.2 Å². The van der Waals surface area contributed by atoms with Gasteiger partial charge in [-0.3, -0.25) is 24.2 Å². The molecule has 8 heteroatoms. The van der Waals surface area contributed by atoms with Gasteiger partial charge in [-0.1, -0.05) is 50.2 Å². The molecule has 3 heterocycles. The number of carbonyl (C=O) groups excluding carboxylic acids is 4. The highest BCUT2D eigenvalue weighted by atomic mass is 16.2. The fourth-order valence-corrected chi connectivity index (χ4v) is 5.63. The second-order valence-corrected chi connectivity index (χ2v) is 10.6. The quantitative estimate of drug-likeness (QED) is 0.525. The molecule has 1 aromatic heterocycles. The van der Waals surface area contributed by atoms with Crippen molar-refractivity contribution in [2.45, 2.75) is 51.2 Å². The van der Waals surface area contributed by atoms with Crippen LogP contribution in [0.5, 0.6) is 0 Å². The van der Waals surface area contributed by atoms with Crippen LogP contribution >= 0.6 is 0 Å². The van der Waals surface area contributed by atoms with Gasteiger partial charge in [-0.25, -0.2) is 0 Å². The minimum Gasteiger partial charge on any atom is -0.340 e. The van der Waals surface area contributed by atoms with Crippen molar-refractivity contribution in [3.8, 4) is 0 Å². The molecule has 2 aliphatic heterocycles. The van der Waals surface area contributed by atoms with Gasteiger partial charge in [-0.15, -0.1) is 0 Å². The van der Waals surface area contributed by atoms with Crippen molar-refractivity contribution in [3.63, 3.8) is 0 Å². The van der Waals surface area contributed by atoms with Crippen LogP contribution in [0, 0.1) is 5.92 Å². The molecule has 3 unspecified atom stereocenters. The molecule has 3 aromatic rings. The van der Waals surface area contributed by atoms with E-state index in [-0.39, 0.29) is 48.4 Å². The average Bonchev–Trinajstić information content (AvgIpc) is 3.49. The number of benzene rings is 2. The molecule has 2 aliphatic rings. The molecule has 8 nitrogen and oxygen atoms in total. The molecule has 38 heavy (non-hydrogen) atoms. The minimum atomic E-state index is -0.763. The first-order valence-corrected chi connectivity index (χ1v) is 13.1. The Bertz CT molecular complexity index is 1370. The molecular weight excluding hydrogens is 480 g/mol. The van der Waals surface area contributed by atoms with Crippen LogP contribution < -0.4 is 5.32 Å². The number of rotatable bonds is 7. The Balaban J connectivity index is 1.31. The number of ketones is 1. The van der Waals surface area contributed by atoms with Gasteiger partial charge in [0.1, 0.15) is 12.1 Å². The van der Waals surface area contributed by atoms with Gasteiger partial charge in [0.05, 0.1) is 19.0 Å². The second-order valence-electron chi connectivity index (χ2n) is 10.6. The van der Waals surface area contributed by atoms with Crippen molar-refractivity contribution in [2.24, 2.45) is 5.92 Å². The van der Waals surface area contributed by atoms with E-state index in [1.54, 1.807) is 34.3 Å². The highest BCUT2D eigenvalue weighted by molar-refractivity contribution is 6.02. The Morgan fingerprint density at radius 2 is 1.82 bits per heavy atom. The topological polar surface area (TPSA) is 99.7 Å². The van der Waals surface area contributed by atoms with Crippen molar-refractivity contribution >= 4 is 34.3 Å². The van der Waals surface area contributed by atoms with E-state index in [4.69, 9.17) is 0 Å². The van der Waals surface area contributed by atoms with E-state index >= 15 is 0 Å². The van der Waals surface area contributed by atoms with E-state index in [1.165, 1.54) is 0 Å². The van der Waals surface area contributed by atoms with Crippen molar-refractivity contribution in [2.75, 3.05) is 13.1 Å². The zero-order valence-electron chi connectivity index (χ0n) is 21.7. The Hall–Kier alpha value is -4.07. The molecule has 5 rings (SSSR count). The predicted molar refractivity (Wildman–Crippen MR) is 143 cm³/mol. The SMILES string of the molecule is CC(C)CC(NC(=O)c1ccc2ccccc2c1)C(=O)N1CCC2C1C(=O)CN2C(=O)Cc1cccnc1. The Morgan fingerprint density at radius 3 is 2.55 bits per heavy atom. The molecule has 2 aromatic carbocycles. The number of Topliss-reactive ketones (excluding diaryl/α,β-unsaturated/α-hetero) is 1. The van der Waals surface area contributed by atoms with Crippen LogP contribution in [0.1, 0.15) is 42.6 Å². The normalized spacial score (nSPS) is 19.6. The summed E-state index contributed by atoms with van der Waals surface area (Å²) in [7, 11) is 0. The molecule has 0 radical (unpaired) electrons. The first-order valence-electron chi connectivity index (χ1n) is 13.1. The molecule has 2 saturated heterocycles. The number of aromatic nitrogens is 1. The summed E-state index contributed by atoms with van der Waals surface area (Å²) in [6.07, 6.45) is 4.44. The van der Waals surface area contributed by atoms with Gasteiger partial charge in [0.25, 0.3) is 5.91 Å². The summed E-state index contributed by atoms with van der Waals surface area (Å²) in [6, 6.07) is 15.1. The summed E-state index contributed by atoms with van der Waals surface area (Å²) < 4.78 is 0. The molecule has 0 bridgehead atoms. The number of carbonyl (C=O) groups is 4. The van der Waals surface area contributed by atoms with Gasteiger partial charge in [0.2, 0.25) is 11.8 Å². The number of nitrogens with zero attached hydrogens (tertiary/aromatic N) is 3. The maximum Gasteiger partial charge on any atom is 0.251 e. The first-order chi connectivity index (χ1) is 18.3. The van der Waals surface area contributed by atoms with Gasteiger partial charge in [0.15, 0.2) is 5.78 Å². The number of nitrogens with one attached hydrogen (secondary N) is 1. The third-order valence-electron chi connectivity index (χ3n) is 7.43. The van der Waals surface area contributed by atoms with Gasteiger partial charge in [-0.2, -0.15) is 0 Å². The standard InChI is InChI=1S/C30H32N4O4/c1-19(2)14-24(32-29(37)23-10-9-21-7-3-4-8-22(21)16-23)30(38)33-13-11-25-28(33)26(35)18-34(25)27(36)15-20-6-5-12-31-17-20/h3-10,12,16-17,19,24-25,28H,11,13-15,18H2,1-2H3,(H,32,37). The first kappa shape index (κ1) is 25.6. The second kappa shape index (κ2) is 10.7. The molecule has 0 saturated carbocycles. The Kier molecular flexibility index (Phi) is 7.22. The maximum absolute atomic E-state index is 13.8. The molecule has 1 N–H and O–H groups in total. The molecule has 0 spiro atoms. The van der Waals surface area contributed by atoms with Gasteiger partial charge in [0, 0.05) is 24.5 Å². The smallest absolute Gasteiger partial charge is 0.251 e. The van der Waals surface area contributed by atoms with Crippen molar-refractivity contribution in [3.05, 3.63) is 78.1 Å². The molecule has 2 fully saturated rings. The van der Waals surface area contributed by atoms with Crippen molar-refractivity contribution in [1.29, 1.82) is 0 Å². The Labute approximate surface area is 222 Å². The van der Waals surface area contributed by atoms with Crippen LogP contribution in [-0.2, 0) is 20.8 Å². The van der Waals surface area contributed by atoms with Crippen LogP contribution in [0.25, 0.3) is 10.8 Å². The van der Waals surface area contributed by atoms with E-state index in [9.17, 15) is 19.2 Å².